The molecule has 3 aromatic rings. The number of aryl methyl sites for hydroxylation is 1. The Morgan fingerprint density at radius 1 is 0.897 bits per heavy atom. The van der Waals surface area contributed by atoms with E-state index in [1.165, 1.54) is 0 Å². The highest BCUT2D eigenvalue weighted by Gasteiger charge is 2.25. The summed E-state index contributed by atoms with van der Waals surface area (Å²) in [6, 6.07) is 18.8. The topological polar surface area (TPSA) is 84.7 Å². The lowest BCUT2D eigenvalue weighted by molar-refractivity contribution is -0.133. The lowest BCUT2D eigenvalue weighted by atomic mass is 10.1. The fourth-order valence-corrected chi connectivity index (χ4v) is 4.83. The molecule has 0 bridgehead atoms. The van der Waals surface area contributed by atoms with Crippen LogP contribution in [0.25, 0.3) is 0 Å². The molecule has 39 heavy (non-hydrogen) atoms. The zero-order valence-electron chi connectivity index (χ0n) is 22.3. The number of hydrogen-bond acceptors (Lipinski definition) is 7. The van der Waals surface area contributed by atoms with Crippen molar-refractivity contribution in [3.63, 3.8) is 0 Å². The molecule has 5 rings (SSSR count). The van der Waals surface area contributed by atoms with Crippen LogP contribution in [0, 0.1) is 6.92 Å². The van der Waals surface area contributed by atoms with Gasteiger partial charge >= 0.3 is 0 Å². The van der Waals surface area contributed by atoms with Gasteiger partial charge in [-0.3, -0.25) is 14.5 Å². The van der Waals surface area contributed by atoms with Gasteiger partial charge in [-0.05, 0) is 49.2 Å². The van der Waals surface area contributed by atoms with Gasteiger partial charge in [0, 0.05) is 38.3 Å². The molecule has 2 amide bonds. The molecule has 3 heterocycles. The van der Waals surface area contributed by atoms with E-state index in [1.54, 1.807) is 28.0 Å². The molecular formula is C30H35N3O6. The van der Waals surface area contributed by atoms with E-state index in [1.807, 2.05) is 49.4 Å². The summed E-state index contributed by atoms with van der Waals surface area (Å²) in [4.78, 5) is 33.2. The molecule has 0 spiro atoms. The predicted molar refractivity (Wildman–Crippen MR) is 144 cm³/mol. The summed E-state index contributed by atoms with van der Waals surface area (Å²) in [5.74, 6) is 2.30. The molecule has 1 saturated heterocycles. The standard InChI is InChI=1S/C30H35N3O6/c1-23-8-10-26(39-23)20-33(19-24-6-3-2-4-7-24)29(34)21-32(13-5-12-31-14-16-36-17-15-31)30(35)25-9-11-27-28(18-25)38-22-37-27/h2-4,6-11,18H,5,12-17,19-22H2,1H3. The van der Waals surface area contributed by atoms with Crippen LogP contribution >= 0.6 is 0 Å². The Kier molecular flexibility index (Phi) is 8.80. The second-order valence-electron chi connectivity index (χ2n) is 9.85. The first kappa shape index (κ1) is 26.8. The van der Waals surface area contributed by atoms with Gasteiger partial charge in [-0.25, -0.2) is 0 Å². The summed E-state index contributed by atoms with van der Waals surface area (Å²) < 4.78 is 22.1. The molecule has 2 aromatic carbocycles. The van der Waals surface area contributed by atoms with Gasteiger partial charge in [0.15, 0.2) is 11.5 Å². The number of rotatable bonds is 11. The molecule has 2 aliphatic heterocycles. The van der Waals surface area contributed by atoms with E-state index in [0.717, 1.165) is 50.6 Å². The summed E-state index contributed by atoms with van der Waals surface area (Å²) in [6.45, 7) is 7.20. The quantitative estimate of drug-likeness (QED) is 0.372. The Morgan fingerprint density at radius 2 is 1.69 bits per heavy atom. The van der Waals surface area contributed by atoms with Crippen LogP contribution < -0.4 is 9.47 Å². The summed E-state index contributed by atoms with van der Waals surface area (Å²) in [6.07, 6.45) is 0.750. The maximum absolute atomic E-state index is 13.8. The molecule has 0 saturated carbocycles. The first-order valence-corrected chi connectivity index (χ1v) is 13.4. The normalized spacial score (nSPS) is 14.8. The SMILES string of the molecule is Cc1ccc(CN(Cc2ccccc2)C(=O)CN(CCCN2CCOCC2)C(=O)c2ccc3c(c2)OCO3)o1. The monoisotopic (exact) mass is 533 g/mol. The van der Waals surface area contributed by atoms with E-state index in [9.17, 15) is 9.59 Å². The molecule has 0 unspecified atom stereocenters. The van der Waals surface area contributed by atoms with Gasteiger partial charge in [0.2, 0.25) is 12.7 Å². The van der Waals surface area contributed by atoms with Crippen molar-refractivity contribution in [2.24, 2.45) is 0 Å². The lowest BCUT2D eigenvalue weighted by Gasteiger charge is -2.30. The average molecular weight is 534 g/mol. The lowest BCUT2D eigenvalue weighted by Crippen LogP contribution is -2.44. The highest BCUT2D eigenvalue weighted by Crippen LogP contribution is 2.33. The Bertz CT molecular complexity index is 1250. The van der Waals surface area contributed by atoms with Crippen LogP contribution in [-0.2, 0) is 22.6 Å². The minimum absolute atomic E-state index is 0.0388. The molecule has 0 aliphatic carbocycles. The third-order valence-corrected chi connectivity index (χ3v) is 6.95. The van der Waals surface area contributed by atoms with Crippen molar-refractivity contribution in [3.8, 4) is 11.5 Å². The van der Waals surface area contributed by atoms with Crippen LogP contribution in [-0.4, -0.2) is 79.2 Å². The van der Waals surface area contributed by atoms with Crippen LogP contribution in [0.2, 0.25) is 0 Å². The Labute approximate surface area is 228 Å². The minimum atomic E-state index is -0.211. The van der Waals surface area contributed by atoms with Gasteiger partial charge in [-0.2, -0.15) is 0 Å². The molecule has 1 fully saturated rings. The van der Waals surface area contributed by atoms with Crippen molar-refractivity contribution in [1.82, 2.24) is 14.7 Å². The number of benzene rings is 2. The summed E-state index contributed by atoms with van der Waals surface area (Å²) >= 11 is 0. The van der Waals surface area contributed by atoms with Crippen molar-refractivity contribution in [1.29, 1.82) is 0 Å². The third-order valence-electron chi connectivity index (χ3n) is 6.95. The van der Waals surface area contributed by atoms with E-state index in [-0.39, 0.29) is 25.2 Å². The van der Waals surface area contributed by atoms with E-state index in [2.05, 4.69) is 4.90 Å². The Balaban J connectivity index is 1.32. The zero-order chi connectivity index (χ0) is 27.0. The van der Waals surface area contributed by atoms with Gasteiger partial charge in [-0.1, -0.05) is 30.3 Å². The van der Waals surface area contributed by atoms with Crippen LogP contribution in [0.15, 0.2) is 65.1 Å². The molecular weight excluding hydrogens is 498 g/mol. The number of fused-ring (bicyclic) bond motifs is 1. The highest BCUT2D eigenvalue weighted by molar-refractivity contribution is 5.97. The highest BCUT2D eigenvalue weighted by atomic mass is 16.7. The first-order valence-electron chi connectivity index (χ1n) is 13.4. The number of carbonyl (C=O) groups is 2. The number of ether oxygens (including phenoxy) is 3. The summed E-state index contributed by atoms with van der Waals surface area (Å²) in [5.41, 5.74) is 1.48. The molecule has 9 nitrogen and oxygen atoms in total. The fourth-order valence-electron chi connectivity index (χ4n) is 4.83. The van der Waals surface area contributed by atoms with Gasteiger partial charge < -0.3 is 28.4 Å². The van der Waals surface area contributed by atoms with Crippen LogP contribution in [0.5, 0.6) is 11.5 Å². The molecule has 0 atom stereocenters. The third kappa shape index (κ3) is 7.19. The van der Waals surface area contributed by atoms with E-state index in [0.29, 0.717) is 42.5 Å². The predicted octanol–water partition coefficient (Wildman–Crippen LogP) is 3.71. The molecule has 9 heteroatoms. The van der Waals surface area contributed by atoms with E-state index < -0.39 is 0 Å². The minimum Gasteiger partial charge on any atom is -0.464 e. The first-order chi connectivity index (χ1) is 19.0. The van der Waals surface area contributed by atoms with Crippen molar-refractivity contribution >= 4 is 11.8 Å². The second kappa shape index (κ2) is 12.8. The number of hydrogen-bond donors (Lipinski definition) is 0. The second-order valence-corrected chi connectivity index (χ2v) is 9.85. The van der Waals surface area contributed by atoms with Gasteiger partial charge in [0.25, 0.3) is 5.91 Å². The molecule has 206 valence electrons. The van der Waals surface area contributed by atoms with E-state index in [4.69, 9.17) is 18.6 Å². The van der Waals surface area contributed by atoms with Crippen molar-refractivity contribution in [2.75, 3.05) is 52.7 Å². The van der Waals surface area contributed by atoms with Gasteiger partial charge in [0.1, 0.15) is 18.1 Å². The number of amides is 2. The maximum atomic E-state index is 13.8. The summed E-state index contributed by atoms with van der Waals surface area (Å²) in [5, 5.41) is 0. The maximum Gasteiger partial charge on any atom is 0.254 e. The van der Waals surface area contributed by atoms with E-state index >= 15 is 0 Å². The molecule has 1 aromatic heterocycles. The fraction of sp³-hybridized carbons (Fsp3) is 0.400. The van der Waals surface area contributed by atoms with Crippen molar-refractivity contribution in [2.45, 2.75) is 26.4 Å². The van der Waals surface area contributed by atoms with Crippen molar-refractivity contribution < 1.29 is 28.2 Å². The largest absolute Gasteiger partial charge is 0.464 e. The number of carbonyl (C=O) groups excluding carboxylic acids is 2. The number of nitrogens with zero attached hydrogens (tertiary/aromatic N) is 3. The number of furan rings is 1. The van der Waals surface area contributed by atoms with Crippen LogP contribution in [0.1, 0.15) is 33.9 Å². The Hall–Kier alpha value is -3.82. The smallest absolute Gasteiger partial charge is 0.254 e. The van der Waals surface area contributed by atoms with Crippen molar-refractivity contribution in [3.05, 3.63) is 83.3 Å². The molecule has 0 N–H and O–H groups in total. The average Bonchev–Trinajstić information content (AvgIpc) is 3.61. The van der Waals surface area contributed by atoms with Gasteiger partial charge in [0.05, 0.1) is 19.8 Å². The van der Waals surface area contributed by atoms with Gasteiger partial charge in [-0.15, -0.1) is 0 Å². The number of morpholine rings is 1. The van der Waals surface area contributed by atoms with Crippen LogP contribution in [0.3, 0.4) is 0 Å². The zero-order valence-corrected chi connectivity index (χ0v) is 22.3. The Morgan fingerprint density at radius 3 is 2.46 bits per heavy atom. The summed E-state index contributed by atoms with van der Waals surface area (Å²) in [7, 11) is 0. The molecule has 2 aliphatic rings. The van der Waals surface area contributed by atoms with Crippen LogP contribution in [0.4, 0.5) is 0 Å². The molecule has 0 radical (unpaired) electrons.